The Morgan fingerprint density at radius 2 is 2.08 bits per heavy atom. The van der Waals surface area contributed by atoms with Crippen LogP contribution in [-0.4, -0.2) is 11.1 Å². The number of hydrogen-bond donors (Lipinski definition) is 1. The SMILES string of the molecule is C=Cc1c(C(=O)O)ccc(Br)c1Br. The fourth-order valence-electron chi connectivity index (χ4n) is 0.952. The third kappa shape index (κ3) is 2.00. The summed E-state index contributed by atoms with van der Waals surface area (Å²) in [4.78, 5) is 10.8. The Kier molecular flexibility index (Phi) is 3.27. The van der Waals surface area contributed by atoms with Crippen LogP contribution in [0, 0.1) is 0 Å². The summed E-state index contributed by atoms with van der Waals surface area (Å²) in [5.41, 5.74) is 0.826. The van der Waals surface area contributed by atoms with Crippen LogP contribution >= 0.6 is 31.9 Å². The molecule has 0 spiro atoms. The van der Waals surface area contributed by atoms with Crippen LogP contribution in [-0.2, 0) is 0 Å². The fourth-order valence-corrected chi connectivity index (χ4v) is 1.81. The van der Waals surface area contributed by atoms with E-state index in [0.717, 1.165) is 4.47 Å². The minimum atomic E-state index is -0.955. The molecule has 0 saturated heterocycles. The molecule has 0 aliphatic heterocycles. The van der Waals surface area contributed by atoms with E-state index in [1.54, 1.807) is 6.07 Å². The van der Waals surface area contributed by atoms with Gasteiger partial charge >= 0.3 is 5.97 Å². The maximum atomic E-state index is 10.8. The van der Waals surface area contributed by atoms with Crippen molar-refractivity contribution in [2.24, 2.45) is 0 Å². The van der Waals surface area contributed by atoms with Crippen molar-refractivity contribution in [1.29, 1.82) is 0 Å². The predicted molar refractivity (Wildman–Crippen MR) is 58.9 cm³/mol. The molecule has 0 aliphatic carbocycles. The van der Waals surface area contributed by atoms with Gasteiger partial charge in [-0.3, -0.25) is 0 Å². The van der Waals surface area contributed by atoms with Crippen LogP contribution in [0.1, 0.15) is 15.9 Å². The van der Waals surface area contributed by atoms with Gasteiger partial charge in [0.25, 0.3) is 0 Å². The molecule has 0 aromatic heterocycles. The molecule has 1 aromatic rings. The van der Waals surface area contributed by atoms with E-state index in [9.17, 15) is 4.79 Å². The third-order valence-electron chi connectivity index (χ3n) is 1.57. The molecular weight excluding hydrogens is 300 g/mol. The number of rotatable bonds is 2. The Labute approximate surface area is 92.5 Å². The molecule has 0 unspecified atom stereocenters. The Morgan fingerprint density at radius 3 is 2.54 bits per heavy atom. The zero-order valence-electron chi connectivity index (χ0n) is 6.55. The van der Waals surface area contributed by atoms with E-state index in [1.165, 1.54) is 12.1 Å². The summed E-state index contributed by atoms with van der Waals surface area (Å²) < 4.78 is 1.52. The summed E-state index contributed by atoms with van der Waals surface area (Å²) in [6.07, 6.45) is 1.51. The molecule has 0 radical (unpaired) electrons. The van der Waals surface area contributed by atoms with Crippen molar-refractivity contribution in [2.75, 3.05) is 0 Å². The number of halogens is 2. The Bertz CT molecular complexity index is 372. The van der Waals surface area contributed by atoms with Crippen LogP contribution in [0.3, 0.4) is 0 Å². The molecular formula is C9H6Br2O2. The standard InChI is InChI=1S/C9H6Br2O2/c1-2-5-6(9(12)13)3-4-7(10)8(5)11/h2-4H,1H2,(H,12,13). The van der Waals surface area contributed by atoms with Gasteiger partial charge in [0.1, 0.15) is 0 Å². The predicted octanol–water partition coefficient (Wildman–Crippen LogP) is 3.55. The van der Waals surface area contributed by atoms with Crippen LogP contribution in [0.4, 0.5) is 0 Å². The lowest BCUT2D eigenvalue weighted by molar-refractivity contribution is 0.0696. The van der Waals surface area contributed by atoms with Crippen molar-refractivity contribution in [3.8, 4) is 0 Å². The van der Waals surface area contributed by atoms with Crippen LogP contribution in [0.2, 0.25) is 0 Å². The third-order valence-corrected chi connectivity index (χ3v) is 3.61. The molecule has 13 heavy (non-hydrogen) atoms. The molecule has 0 aliphatic rings. The second-order valence-corrected chi connectivity index (χ2v) is 3.98. The maximum Gasteiger partial charge on any atom is 0.336 e. The molecule has 1 N–H and O–H groups in total. The highest BCUT2D eigenvalue weighted by atomic mass is 79.9. The van der Waals surface area contributed by atoms with E-state index >= 15 is 0 Å². The molecule has 0 bridgehead atoms. The average Bonchev–Trinajstić information content (AvgIpc) is 2.09. The lowest BCUT2D eigenvalue weighted by atomic mass is 10.1. The molecule has 1 rings (SSSR count). The van der Waals surface area contributed by atoms with Gasteiger partial charge in [-0.05, 0) is 44.0 Å². The van der Waals surface area contributed by atoms with E-state index < -0.39 is 5.97 Å². The van der Waals surface area contributed by atoms with Gasteiger partial charge in [0.2, 0.25) is 0 Å². The molecule has 2 nitrogen and oxygen atoms in total. The van der Waals surface area contributed by atoms with E-state index in [1.807, 2.05) is 0 Å². The van der Waals surface area contributed by atoms with Crippen molar-refractivity contribution in [3.05, 3.63) is 38.8 Å². The maximum absolute atomic E-state index is 10.8. The van der Waals surface area contributed by atoms with Crippen LogP contribution in [0.5, 0.6) is 0 Å². The summed E-state index contributed by atoms with van der Waals surface area (Å²) in [7, 11) is 0. The van der Waals surface area contributed by atoms with Gasteiger partial charge in [0.05, 0.1) is 5.56 Å². The smallest absolute Gasteiger partial charge is 0.336 e. The quantitative estimate of drug-likeness (QED) is 0.907. The van der Waals surface area contributed by atoms with Crippen molar-refractivity contribution in [2.45, 2.75) is 0 Å². The van der Waals surface area contributed by atoms with Crippen molar-refractivity contribution in [1.82, 2.24) is 0 Å². The minimum absolute atomic E-state index is 0.241. The zero-order valence-corrected chi connectivity index (χ0v) is 9.72. The van der Waals surface area contributed by atoms with Crippen molar-refractivity contribution < 1.29 is 9.90 Å². The van der Waals surface area contributed by atoms with Crippen molar-refractivity contribution >= 4 is 43.9 Å². The first kappa shape index (κ1) is 10.5. The lowest BCUT2D eigenvalue weighted by Crippen LogP contribution is -2.00. The van der Waals surface area contributed by atoms with Gasteiger partial charge in [-0.15, -0.1) is 0 Å². The molecule has 1 aromatic carbocycles. The second kappa shape index (κ2) is 4.07. The van der Waals surface area contributed by atoms with E-state index in [0.29, 0.717) is 10.0 Å². The Hall–Kier alpha value is -0.610. The largest absolute Gasteiger partial charge is 0.478 e. The molecule has 0 fully saturated rings. The topological polar surface area (TPSA) is 37.3 Å². The van der Waals surface area contributed by atoms with E-state index in [-0.39, 0.29) is 5.56 Å². The molecule has 68 valence electrons. The van der Waals surface area contributed by atoms with Gasteiger partial charge < -0.3 is 5.11 Å². The van der Waals surface area contributed by atoms with Gasteiger partial charge in [0.15, 0.2) is 0 Å². The van der Waals surface area contributed by atoms with Crippen molar-refractivity contribution in [3.63, 3.8) is 0 Å². The summed E-state index contributed by atoms with van der Waals surface area (Å²) in [6.45, 7) is 3.56. The number of benzene rings is 1. The molecule has 0 saturated carbocycles. The summed E-state index contributed by atoms with van der Waals surface area (Å²) >= 11 is 6.56. The first-order chi connectivity index (χ1) is 6.07. The van der Waals surface area contributed by atoms with Crippen LogP contribution in [0.15, 0.2) is 27.7 Å². The Morgan fingerprint density at radius 1 is 1.46 bits per heavy atom. The number of carboxylic acids is 1. The van der Waals surface area contributed by atoms with E-state index in [2.05, 4.69) is 38.4 Å². The van der Waals surface area contributed by atoms with Gasteiger partial charge in [-0.1, -0.05) is 12.7 Å². The lowest BCUT2D eigenvalue weighted by Gasteiger charge is -2.05. The fraction of sp³-hybridized carbons (Fsp3) is 0. The summed E-state index contributed by atoms with van der Waals surface area (Å²) in [6, 6.07) is 3.22. The Balaban J connectivity index is 3.47. The second-order valence-electron chi connectivity index (χ2n) is 2.33. The molecule has 0 amide bonds. The number of carbonyl (C=O) groups is 1. The highest BCUT2D eigenvalue weighted by Crippen LogP contribution is 2.30. The monoisotopic (exact) mass is 304 g/mol. The van der Waals surface area contributed by atoms with Crippen LogP contribution in [0.25, 0.3) is 6.08 Å². The highest BCUT2D eigenvalue weighted by molar-refractivity contribution is 9.13. The minimum Gasteiger partial charge on any atom is -0.478 e. The zero-order chi connectivity index (χ0) is 10.0. The molecule has 0 atom stereocenters. The first-order valence-corrected chi connectivity index (χ1v) is 5.00. The van der Waals surface area contributed by atoms with Crippen LogP contribution < -0.4 is 0 Å². The highest BCUT2D eigenvalue weighted by Gasteiger charge is 2.12. The molecule has 0 heterocycles. The van der Waals surface area contributed by atoms with Gasteiger partial charge in [-0.2, -0.15) is 0 Å². The summed E-state index contributed by atoms with van der Waals surface area (Å²) in [5, 5.41) is 8.83. The number of aromatic carboxylic acids is 1. The average molecular weight is 306 g/mol. The first-order valence-electron chi connectivity index (χ1n) is 3.41. The van der Waals surface area contributed by atoms with E-state index in [4.69, 9.17) is 5.11 Å². The normalized spacial score (nSPS) is 9.69. The van der Waals surface area contributed by atoms with Gasteiger partial charge in [0, 0.05) is 14.5 Å². The number of carboxylic acid groups (broad SMARTS) is 1. The van der Waals surface area contributed by atoms with Gasteiger partial charge in [-0.25, -0.2) is 4.79 Å². The summed E-state index contributed by atoms with van der Waals surface area (Å²) in [5.74, 6) is -0.955. The molecule has 4 heteroatoms. The number of hydrogen-bond acceptors (Lipinski definition) is 1.